The number of nitrogens with zero attached hydrogens (tertiary/aromatic N) is 2. The number of ether oxygens (including phenoxy) is 1. The Morgan fingerprint density at radius 2 is 1.94 bits per heavy atom. The third-order valence-electron chi connectivity index (χ3n) is 1.13. The molecule has 0 aliphatic carbocycles. The van der Waals surface area contributed by atoms with Gasteiger partial charge in [-0.1, -0.05) is 16.3 Å². The van der Waals surface area contributed by atoms with E-state index in [0.717, 1.165) is 11.5 Å². The number of methoxy groups -OCH3 is 1. The summed E-state index contributed by atoms with van der Waals surface area (Å²) < 4.78 is 49.0. The lowest BCUT2D eigenvalue weighted by molar-refractivity contribution is -0.725. The van der Waals surface area contributed by atoms with Crippen molar-refractivity contribution in [2.45, 2.75) is 0 Å². The zero-order chi connectivity index (χ0) is 12.9. The topological polar surface area (TPSA) is 43.1 Å². The molecule has 0 N–H and O–H groups in total. The van der Waals surface area contributed by atoms with Crippen molar-refractivity contribution in [1.82, 2.24) is 4.49 Å². The minimum absolute atomic E-state index is 0.291. The van der Waals surface area contributed by atoms with Crippen LogP contribution in [-0.2, 0) is 11.8 Å². The van der Waals surface area contributed by atoms with Gasteiger partial charge in [0.1, 0.15) is 0 Å². The summed E-state index contributed by atoms with van der Waals surface area (Å²) in [4.78, 5) is 11.0. The number of esters is 1. The molecule has 92 valence electrons. The molecule has 0 aromatic carbocycles. The maximum Gasteiger partial charge on any atom is 0.673 e. The Kier molecular flexibility index (Phi) is 5.66. The van der Waals surface area contributed by atoms with Crippen molar-refractivity contribution in [3.05, 3.63) is 10.0 Å². The molecule has 1 aromatic rings. The van der Waals surface area contributed by atoms with Crippen LogP contribution in [0.3, 0.4) is 0 Å². The summed E-state index contributed by atoms with van der Waals surface area (Å²) >= 11 is 6.71. The lowest BCUT2D eigenvalue weighted by atomic mass is 10.3. The number of carbonyl (C=O) groups is 1. The normalized spacial score (nSPS) is 10.4. The maximum atomic E-state index is 11.0. The van der Waals surface area contributed by atoms with Gasteiger partial charge in [0.2, 0.25) is 0 Å². The Morgan fingerprint density at radius 1 is 1.50 bits per heavy atom. The van der Waals surface area contributed by atoms with Crippen LogP contribution in [0.1, 0.15) is 10.5 Å². The molecule has 4 nitrogen and oxygen atoms in total. The smallest absolute Gasteiger partial charge is 0.461 e. The molecule has 0 spiro atoms. The van der Waals surface area contributed by atoms with Crippen LogP contribution in [-0.4, -0.2) is 24.8 Å². The molecule has 1 rings (SSSR count). The van der Waals surface area contributed by atoms with Gasteiger partial charge in [-0.25, -0.2) is 4.79 Å². The number of rotatable bonds is 1. The predicted molar refractivity (Wildman–Crippen MR) is 49.8 cm³/mol. The van der Waals surface area contributed by atoms with Crippen molar-refractivity contribution in [3.63, 3.8) is 0 Å². The maximum absolute atomic E-state index is 11.0. The van der Waals surface area contributed by atoms with Crippen LogP contribution in [0.2, 0.25) is 4.34 Å². The molecule has 1 aromatic heterocycles. The third kappa shape index (κ3) is 5.86. The second-order valence-electron chi connectivity index (χ2n) is 2.31. The summed E-state index contributed by atoms with van der Waals surface area (Å²) in [6.07, 6.45) is 0. The Hall–Kier alpha value is -0.895. The van der Waals surface area contributed by atoms with Crippen molar-refractivity contribution >= 4 is 36.4 Å². The summed E-state index contributed by atoms with van der Waals surface area (Å²) in [6, 6.07) is 0. The van der Waals surface area contributed by atoms with E-state index in [4.69, 9.17) is 11.6 Å². The van der Waals surface area contributed by atoms with Crippen LogP contribution in [0.4, 0.5) is 17.3 Å². The summed E-state index contributed by atoms with van der Waals surface area (Å²) in [6.45, 7) is 0. The number of hydrogen-bond acceptors (Lipinski definition) is 4. The van der Waals surface area contributed by atoms with Crippen LogP contribution in [0.5, 0.6) is 0 Å². The largest absolute Gasteiger partial charge is 0.673 e. The van der Waals surface area contributed by atoms with Gasteiger partial charge in [-0.3, -0.25) is 0 Å². The molecule has 16 heavy (non-hydrogen) atoms. The fraction of sp³-hybridized carbons (Fsp3) is 0.400. The van der Waals surface area contributed by atoms with Gasteiger partial charge in [-0.05, 0) is 0 Å². The Morgan fingerprint density at radius 3 is 2.19 bits per heavy atom. The first-order valence-electron chi connectivity index (χ1n) is 3.64. The zero-order valence-corrected chi connectivity index (χ0v) is 9.66. The molecule has 0 saturated carbocycles. The molecule has 0 saturated heterocycles. The van der Waals surface area contributed by atoms with Crippen LogP contribution in [0.25, 0.3) is 0 Å². The molecular weight excluding hydrogens is 274 g/mol. The van der Waals surface area contributed by atoms with Crippen LogP contribution >= 0.6 is 23.1 Å². The number of carbonyl (C=O) groups excluding carboxylic acids is 1. The minimum Gasteiger partial charge on any atom is -0.461 e. The molecule has 1 heterocycles. The standard InChI is InChI=1S/C5H6ClN2O2S.BF4/c1-8-3(5(9)10-2)4(6)11-7-8;2-1(3,4)5/h1-2H3;/q+1;-1. The highest BCUT2D eigenvalue weighted by Gasteiger charge is 2.26. The van der Waals surface area contributed by atoms with Gasteiger partial charge < -0.3 is 22.0 Å². The molecule has 0 amide bonds. The summed E-state index contributed by atoms with van der Waals surface area (Å²) in [5.74, 6) is -0.466. The first-order valence-corrected chi connectivity index (χ1v) is 4.79. The predicted octanol–water partition coefficient (Wildman–Crippen LogP) is 1.71. The van der Waals surface area contributed by atoms with E-state index in [0.29, 0.717) is 10.0 Å². The van der Waals surface area contributed by atoms with Crippen molar-refractivity contribution in [2.75, 3.05) is 7.11 Å². The lowest BCUT2D eigenvalue weighted by Crippen LogP contribution is -2.36. The van der Waals surface area contributed by atoms with Crippen molar-refractivity contribution in [3.8, 4) is 0 Å². The second-order valence-corrected chi connectivity index (χ2v) is 3.66. The first kappa shape index (κ1) is 15.1. The molecule has 0 bridgehead atoms. The molecule has 0 radical (unpaired) electrons. The van der Waals surface area contributed by atoms with E-state index in [-0.39, 0.29) is 0 Å². The van der Waals surface area contributed by atoms with Gasteiger partial charge in [0.25, 0.3) is 0 Å². The zero-order valence-electron chi connectivity index (χ0n) is 8.09. The minimum atomic E-state index is -6.00. The first-order chi connectivity index (χ1) is 7.16. The third-order valence-corrected chi connectivity index (χ3v) is 2.20. The van der Waals surface area contributed by atoms with E-state index < -0.39 is 13.2 Å². The average molecular weight is 280 g/mol. The van der Waals surface area contributed by atoms with Crippen LogP contribution < -0.4 is 4.68 Å². The average Bonchev–Trinajstić information content (AvgIpc) is 2.42. The Balaban J connectivity index is 0.000000385. The molecule has 0 aliphatic heterocycles. The summed E-state index contributed by atoms with van der Waals surface area (Å²) in [7, 11) is -3.06. The fourth-order valence-electron chi connectivity index (χ4n) is 0.617. The van der Waals surface area contributed by atoms with E-state index in [1.807, 2.05) is 0 Å². The Labute approximate surface area is 97.0 Å². The summed E-state index contributed by atoms with van der Waals surface area (Å²) in [5, 5.41) is 0. The monoisotopic (exact) mass is 280 g/mol. The van der Waals surface area contributed by atoms with E-state index in [1.54, 1.807) is 7.05 Å². The van der Waals surface area contributed by atoms with E-state index >= 15 is 0 Å². The highest BCUT2D eigenvalue weighted by atomic mass is 35.5. The van der Waals surface area contributed by atoms with Gasteiger partial charge >= 0.3 is 18.9 Å². The summed E-state index contributed by atoms with van der Waals surface area (Å²) in [5.41, 5.74) is 0.291. The molecule has 0 aliphatic rings. The van der Waals surface area contributed by atoms with Crippen LogP contribution in [0.15, 0.2) is 0 Å². The van der Waals surface area contributed by atoms with Gasteiger partial charge in [-0.2, -0.15) is 0 Å². The van der Waals surface area contributed by atoms with Crippen LogP contribution in [0, 0.1) is 0 Å². The van der Waals surface area contributed by atoms with Gasteiger partial charge in [-0.15, -0.1) is 0 Å². The lowest BCUT2D eigenvalue weighted by Gasteiger charge is -1.94. The number of aryl methyl sites for hydroxylation is 1. The van der Waals surface area contributed by atoms with Gasteiger partial charge in [0.05, 0.1) is 23.1 Å². The molecule has 11 heteroatoms. The molecule has 0 unspecified atom stereocenters. The number of hydrogen-bond donors (Lipinski definition) is 0. The number of aromatic nitrogens is 2. The van der Waals surface area contributed by atoms with E-state index in [1.165, 1.54) is 11.8 Å². The van der Waals surface area contributed by atoms with Crippen molar-refractivity contribution in [1.29, 1.82) is 0 Å². The van der Waals surface area contributed by atoms with E-state index in [2.05, 4.69) is 9.23 Å². The van der Waals surface area contributed by atoms with Gasteiger partial charge in [0, 0.05) is 0 Å². The highest BCUT2D eigenvalue weighted by Crippen LogP contribution is 2.15. The number of halogens is 5. The molecule has 0 fully saturated rings. The molecular formula is C5H6BClF4N2O2S. The van der Waals surface area contributed by atoms with E-state index in [9.17, 15) is 22.1 Å². The highest BCUT2D eigenvalue weighted by molar-refractivity contribution is 7.10. The van der Waals surface area contributed by atoms with Crippen molar-refractivity contribution < 1.29 is 31.5 Å². The Bertz CT molecular complexity index is 346. The fourth-order valence-corrected chi connectivity index (χ4v) is 1.49. The van der Waals surface area contributed by atoms with Crippen molar-refractivity contribution in [2.24, 2.45) is 7.05 Å². The molecule has 0 atom stereocenters. The quantitative estimate of drug-likeness (QED) is 0.340. The SMILES string of the molecule is COC(=O)c1c(Cl)sn[n+]1C.F[B-](F)(F)F. The second kappa shape index (κ2) is 5.99. The van der Waals surface area contributed by atoms with Gasteiger partial charge in [0.15, 0.2) is 11.4 Å².